The van der Waals surface area contributed by atoms with Crippen LogP contribution >= 0.6 is 11.6 Å². The lowest BCUT2D eigenvalue weighted by atomic mass is 10.1. The summed E-state index contributed by atoms with van der Waals surface area (Å²) < 4.78 is 16.0. The first-order valence-electron chi connectivity index (χ1n) is 6.77. The molecule has 108 valence electrons. The van der Waals surface area contributed by atoms with Gasteiger partial charge in [0.15, 0.2) is 0 Å². The van der Waals surface area contributed by atoms with Crippen LogP contribution in [0.15, 0.2) is 18.2 Å². The largest absolute Gasteiger partial charge is 0.383 e. The van der Waals surface area contributed by atoms with Crippen LogP contribution in [0.5, 0.6) is 0 Å². The van der Waals surface area contributed by atoms with Crippen LogP contribution < -0.4 is 5.73 Å². The molecular weight excluding hydrogens is 277 g/mol. The highest BCUT2D eigenvalue weighted by Crippen LogP contribution is 2.32. The molecule has 0 fully saturated rings. The van der Waals surface area contributed by atoms with Crippen molar-refractivity contribution in [1.82, 2.24) is 9.55 Å². The zero-order valence-electron chi connectivity index (χ0n) is 12.0. The molecule has 0 atom stereocenters. The van der Waals surface area contributed by atoms with Gasteiger partial charge in [-0.2, -0.15) is 0 Å². The lowest BCUT2D eigenvalue weighted by Gasteiger charge is -2.10. The minimum absolute atomic E-state index is 0.230. The summed E-state index contributed by atoms with van der Waals surface area (Å²) in [5, 5.41) is 0.363. The number of nitrogen functional groups attached to an aromatic ring is 1. The van der Waals surface area contributed by atoms with E-state index < -0.39 is 5.82 Å². The van der Waals surface area contributed by atoms with Crippen LogP contribution in [0.1, 0.15) is 38.9 Å². The van der Waals surface area contributed by atoms with Gasteiger partial charge in [0.2, 0.25) is 0 Å². The fraction of sp³-hybridized carbons (Fsp3) is 0.400. The number of halogens is 2. The minimum Gasteiger partial charge on any atom is -0.383 e. The highest BCUT2D eigenvalue weighted by atomic mass is 35.5. The Labute approximate surface area is 123 Å². The second-order valence-electron chi connectivity index (χ2n) is 5.13. The van der Waals surface area contributed by atoms with Crippen LogP contribution in [0.4, 0.5) is 10.2 Å². The van der Waals surface area contributed by atoms with E-state index in [1.807, 2.05) is 4.57 Å². The zero-order chi connectivity index (χ0) is 14.9. The molecule has 2 rings (SSSR count). The smallest absolute Gasteiger partial charge is 0.134 e. The molecule has 0 unspecified atom stereocenters. The van der Waals surface area contributed by atoms with Gasteiger partial charge in [0.05, 0.1) is 0 Å². The van der Waals surface area contributed by atoms with E-state index in [9.17, 15) is 4.39 Å². The summed E-state index contributed by atoms with van der Waals surface area (Å²) in [5.74, 6) is 1.22. The normalized spacial score (nSPS) is 11.3. The van der Waals surface area contributed by atoms with Crippen molar-refractivity contribution >= 4 is 17.4 Å². The van der Waals surface area contributed by atoms with Crippen molar-refractivity contribution in [3.8, 4) is 11.3 Å². The Morgan fingerprint density at radius 3 is 2.65 bits per heavy atom. The van der Waals surface area contributed by atoms with Gasteiger partial charge in [0, 0.05) is 23.0 Å². The van der Waals surface area contributed by atoms with E-state index in [0.29, 0.717) is 22.1 Å². The molecule has 1 aromatic heterocycles. The average molecular weight is 296 g/mol. The average Bonchev–Trinajstić information content (AvgIpc) is 2.68. The quantitative estimate of drug-likeness (QED) is 0.905. The standard InChI is InChI=1S/C15H19ClFN3/c1-4-7-20-14(18)13(19-15(20)9(2)3)11-6-5-10(16)8-12(11)17/h5-6,8-9H,4,7,18H2,1-3H3. The van der Waals surface area contributed by atoms with Crippen molar-refractivity contribution in [2.45, 2.75) is 39.7 Å². The molecule has 20 heavy (non-hydrogen) atoms. The fourth-order valence-electron chi connectivity index (χ4n) is 2.26. The molecule has 0 saturated heterocycles. The SMILES string of the molecule is CCCn1c(C(C)C)nc(-c2ccc(Cl)cc2F)c1N. The molecule has 2 N–H and O–H groups in total. The molecule has 1 aromatic carbocycles. The monoisotopic (exact) mass is 295 g/mol. The van der Waals surface area contributed by atoms with E-state index in [4.69, 9.17) is 17.3 Å². The first-order valence-corrected chi connectivity index (χ1v) is 7.14. The Morgan fingerprint density at radius 2 is 2.10 bits per heavy atom. The van der Waals surface area contributed by atoms with Crippen molar-refractivity contribution in [2.24, 2.45) is 0 Å². The van der Waals surface area contributed by atoms with Crippen molar-refractivity contribution in [3.63, 3.8) is 0 Å². The number of hydrogen-bond acceptors (Lipinski definition) is 2. The van der Waals surface area contributed by atoms with Gasteiger partial charge in [-0.3, -0.25) is 0 Å². The number of rotatable bonds is 4. The summed E-state index contributed by atoms with van der Waals surface area (Å²) in [6.45, 7) is 6.96. The maximum atomic E-state index is 14.1. The predicted molar refractivity (Wildman–Crippen MR) is 81.4 cm³/mol. The molecule has 2 aromatic rings. The summed E-state index contributed by atoms with van der Waals surface area (Å²) in [5.41, 5.74) is 7.06. The van der Waals surface area contributed by atoms with E-state index in [2.05, 4.69) is 25.8 Å². The first-order chi connectivity index (χ1) is 9.45. The van der Waals surface area contributed by atoms with E-state index in [-0.39, 0.29) is 5.92 Å². The number of aromatic nitrogens is 2. The van der Waals surface area contributed by atoms with E-state index in [1.165, 1.54) is 6.07 Å². The number of anilines is 1. The third-order valence-electron chi connectivity index (χ3n) is 3.19. The number of nitrogens with two attached hydrogens (primary N) is 1. The Kier molecular flexibility index (Phi) is 4.33. The van der Waals surface area contributed by atoms with Crippen LogP contribution in [-0.4, -0.2) is 9.55 Å². The molecule has 0 amide bonds. The molecule has 0 aliphatic rings. The lowest BCUT2D eigenvalue weighted by Crippen LogP contribution is -2.08. The molecule has 3 nitrogen and oxygen atoms in total. The Balaban J connectivity index is 2.60. The number of benzene rings is 1. The maximum absolute atomic E-state index is 14.1. The summed E-state index contributed by atoms with van der Waals surface area (Å²) in [7, 11) is 0. The van der Waals surface area contributed by atoms with Gasteiger partial charge < -0.3 is 10.3 Å². The van der Waals surface area contributed by atoms with Gasteiger partial charge in [0.1, 0.15) is 23.2 Å². The highest BCUT2D eigenvalue weighted by Gasteiger charge is 2.20. The molecule has 0 spiro atoms. The molecule has 1 heterocycles. The number of nitrogens with zero attached hydrogens (tertiary/aromatic N) is 2. The molecule has 0 aliphatic carbocycles. The molecular formula is C15H19ClFN3. The zero-order valence-corrected chi connectivity index (χ0v) is 12.7. The second kappa shape index (κ2) is 5.83. The Bertz CT molecular complexity index is 620. The van der Waals surface area contributed by atoms with Gasteiger partial charge in [-0.15, -0.1) is 0 Å². The van der Waals surface area contributed by atoms with Gasteiger partial charge in [-0.25, -0.2) is 9.37 Å². The van der Waals surface area contributed by atoms with Crippen LogP contribution in [0, 0.1) is 5.82 Å². The van der Waals surface area contributed by atoms with Gasteiger partial charge >= 0.3 is 0 Å². The van der Waals surface area contributed by atoms with E-state index in [0.717, 1.165) is 18.8 Å². The van der Waals surface area contributed by atoms with Gasteiger partial charge in [-0.05, 0) is 24.6 Å². The third-order valence-corrected chi connectivity index (χ3v) is 3.42. The van der Waals surface area contributed by atoms with Crippen molar-refractivity contribution in [3.05, 3.63) is 34.9 Å². The maximum Gasteiger partial charge on any atom is 0.134 e. The van der Waals surface area contributed by atoms with Crippen molar-refractivity contribution in [1.29, 1.82) is 0 Å². The van der Waals surface area contributed by atoms with Gasteiger partial charge in [0.25, 0.3) is 0 Å². The fourth-order valence-corrected chi connectivity index (χ4v) is 2.42. The van der Waals surface area contributed by atoms with Crippen LogP contribution in [0.3, 0.4) is 0 Å². The number of imidazole rings is 1. The summed E-state index contributed by atoms with van der Waals surface area (Å²) >= 11 is 5.78. The Morgan fingerprint density at radius 1 is 1.40 bits per heavy atom. The molecule has 5 heteroatoms. The molecule has 0 bridgehead atoms. The van der Waals surface area contributed by atoms with E-state index >= 15 is 0 Å². The van der Waals surface area contributed by atoms with E-state index in [1.54, 1.807) is 12.1 Å². The molecule has 0 saturated carbocycles. The minimum atomic E-state index is -0.402. The first kappa shape index (κ1) is 14.9. The summed E-state index contributed by atoms with van der Waals surface area (Å²) in [6.07, 6.45) is 0.947. The van der Waals surface area contributed by atoms with Crippen LogP contribution in [0.25, 0.3) is 11.3 Å². The van der Waals surface area contributed by atoms with Crippen LogP contribution in [-0.2, 0) is 6.54 Å². The third kappa shape index (κ3) is 2.66. The predicted octanol–water partition coefficient (Wildman–Crippen LogP) is 4.46. The summed E-state index contributed by atoms with van der Waals surface area (Å²) in [6, 6.07) is 4.55. The molecule has 0 aliphatic heterocycles. The second-order valence-corrected chi connectivity index (χ2v) is 5.57. The lowest BCUT2D eigenvalue weighted by molar-refractivity contribution is 0.616. The highest BCUT2D eigenvalue weighted by molar-refractivity contribution is 6.30. The topological polar surface area (TPSA) is 43.8 Å². The summed E-state index contributed by atoms with van der Waals surface area (Å²) in [4.78, 5) is 4.54. The number of hydrogen-bond donors (Lipinski definition) is 1. The van der Waals surface area contributed by atoms with Gasteiger partial charge in [-0.1, -0.05) is 32.4 Å². The Hall–Kier alpha value is -1.55. The van der Waals surface area contributed by atoms with Crippen molar-refractivity contribution in [2.75, 3.05) is 5.73 Å². The van der Waals surface area contributed by atoms with Crippen LogP contribution in [0.2, 0.25) is 5.02 Å². The van der Waals surface area contributed by atoms with Crippen molar-refractivity contribution < 1.29 is 4.39 Å². The molecule has 0 radical (unpaired) electrons.